The van der Waals surface area contributed by atoms with Crippen LogP contribution in [0.2, 0.25) is 0 Å². The van der Waals surface area contributed by atoms with Crippen LogP contribution in [0.5, 0.6) is 0 Å². The smallest absolute Gasteiger partial charge is 0.0794 e. The Bertz CT molecular complexity index is 284. The highest BCUT2D eigenvalue weighted by molar-refractivity contribution is 7.09. The third-order valence-corrected chi connectivity index (χ3v) is 4.46. The van der Waals surface area contributed by atoms with Gasteiger partial charge in [0.2, 0.25) is 0 Å². The molecule has 0 aliphatic heterocycles. The highest BCUT2D eigenvalue weighted by Gasteiger charge is 2.20. The molecule has 2 unspecified atom stereocenters. The summed E-state index contributed by atoms with van der Waals surface area (Å²) in [5.74, 6) is 1.90. The monoisotopic (exact) mass is 238 g/mol. The van der Waals surface area contributed by atoms with Crippen LogP contribution < -0.4 is 5.32 Å². The van der Waals surface area contributed by atoms with Crippen LogP contribution in [0.4, 0.5) is 0 Å². The van der Waals surface area contributed by atoms with Gasteiger partial charge in [-0.2, -0.15) is 0 Å². The van der Waals surface area contributed by atoms with Crippen molar-refractivity contribution in [1.29, 1.82) is 0 Å². The molecule has 0 amide bonds. The van der Waals surface area contributed by atoms with Gasteiger partial charge in [-0.25, -0.2) is 0 Å². The van der Waals surface area contributed by atoms with E-state index in [1.165, 1.54) is 43.5 Å². The third-order valence-electron chi connectivity index (χ3n) is 3.68. The van der Waals surface area contributed by atoms with Crippen LogP contribution >= 0.6 is 11.3 Å². The minimum Gasteiger partial charge on any atom is -0.312 e. The minimum atomic E-state index is 0.909. The van der Waals surface area contributed by atoms with Gasteiger partial charge in [-0.1, -0.05) is 26.2 Å². The quantitative estimate of drug-likeness (QED) is 0.850. The first-order valence-corrected chi connectivity index (χ1v) is 7.34. The number of hydrogen-bond donors (Lipinski definition) is 1. The van der Waals surface area contributed by atoms with Gasteiger partial charge in [0.25, 0.3) is 0 Å². The van der Waals surface area contributed by atoms with Crippen LogP contribution in [0.25, 0.3) is 0 Å². The molecule has 1 fully saturated rings. The molecule has 1 aromatic rings. The van der Waals surface area contributed by atoms with Crippen LogP contribution in [-0.2, 0) is 6.54 Å². The summed E-state index contributed by atoms with van der Waals surface area (Å²) < 4.78 is 0. The first-order chi connectivity index (χ1) is 7.88. The molecule has 0 radical (unpaired) electrons. The van der Waals surface area contributed by atoms with E-state index in [2.05, 4.69) is 17.2 Å². The van der Waals surface area contributed by atoms with Gasteiger partial charge >= 0.3 is 0 Å². The molecule has 0 spiro atoms. The molecular formula is C13H22N2S. The molecule has 1 aliphatic rings. The Morgan fingerprint density at radius 2 is 2.31 bits per heavy atom. The van der Waals surface area contributed by atoms with Crippen molar-refractivity contribution in [2.75, 3.05) is 6.54 Å². The van der Waals surface area contributed by atoms with E-state index in [0.29, 0.717) is 0 Å². The van der Waals surface area contributed by atoms with Crippen molar-refractivity contribution in [3.8, 4) is 0 Å². The molecule has 1 aliphatic carbocycles. The Hall–Kier alpha value is -0.410. The van der Waals surface area contributed by atoms with Gasteiger partial charge < -0.3 is 5.32 Å². The molecule has 90 valence electrons. The standard InChI is InChI=1S/C13H22N2S/c1-2-11-4-3-5-12(6-11)7-14-8-13-9-15-10-16-13/h9-12,14H,2-8H2,1H3. The number of nitrogens with zero attached hydrogens (tertiary/aromatic N) is 1. The lowest BCUT2D eigenvalue weighted by Crippen LogP contribution is -2.26. The molecule has 1 heterocycles. The molecule has 1 aromatic heterocycles. The second-order valence-corrected chi connectivity index (χ2v) is 5.88. The van der Waals surface area contributed by atoms with E-state index in [1.807, 2.05) is 11.7 Å². The predicted octanol–water partition coefficient (Wildman–Crippen LogP) is 3.45. The van der Waals surface area contributed by atoms with E-state index in [4.69, 9.17) is 0 Å². The van der Waals surface area contributed by atoms with Crippen molar-refractivity contribution in [2.24, 2.45) is 11.8 Å². The number of thiazole rings is 1. The largest absolute Gasteiger partial charge is 0.312 e. The minimum absolute atomic E-state index is 0.909. The van der Waals surface area contributed by atoms with Gasteiger partial charge in [0.1, 0.15) is 0 Å². The fourth-order valence-corrected chi connectivity index (χ4v) is 3.25. The van der Waals surface area contributed by atoms with Crippen LogP contribution in [0, 0.1) is 11.8 Å². The average Bonchev–Trinajstić information content (AvgIpc) is 2.82. The summed E-state index contributed by atoms with van der Waals surface area (Å²) in [6.07, 6.45) is 9.09. The molecule has 2 rings (SSSR count). The molecule has 0 bridgehead atoms. The normalized spacial score (nSPS) is 25.8. The first kappa shape index (κ1) is 12.1. The van der Waals surface area contributed by atoms with Crippen LogP contribution in [0.15, 0.2) is 11.7 Å². The van der Waals surface area contributed by atoms with Crippen molar-refractivity contribution in [3.63, 3.8) is 0 Å². The van der Waals surface area contributed by atoms with Gasteiger partial charge in [0.15, 0.2) is 0 Å². The fraction of sp³-hybridized carbons (Fsp3) is 0.769. The maximum Gasteiger partial charge on any atom is 0.0794 e. The van der Waals surface area contributed by atoms with E-state index < -0.39 is 0 Å². The second-order valence-electron chi connectivity index (χ2n) is 4.91. The topological polar surface area (TPSA) is 24.9 Å². The zero-order chi connectivity index (χ0) is 11.2. The molecule has 0 saturated heterocycles. The molecule has 2 atom stereocenters. The highest BCUT2D eigenvalue weighted by atomic mass is 32.1. The summed E-state index contributed by atoms with van der Waals surface area (Å²) in [4.78, 5) is 5.44. The number of rotatable bonds is 5. The van der Waals surface area contributed by atoms with Crippen molar-refractivity contribution >= 4 is 11.3 Å². The zero-order valence-corrected chi connectivity index (χ0v) is 10.9. The van der Waals surface area contributed by atoms with E-state index in [0.717, 1.165) is 18.4 Å². The lowest BCUT2D eigenvalue weighted by atomic mass is 9.80. The van der Waals surface area contributed by atoms with E-state index >= 15 is 0 Å². The molecule has 1 saturated carbocycles. The highest BCUT2D eigenvalue weighted by Crippen LogP contribution is 2.30. The molecule has 16 heavy (non-hydrogen) atoms. The predicted molar refractivity (Wildman–Crippen MR) is 69.6 cm³/mol. The second kappa shape index (κ2) is 6.36. The van der Waals surface area contributed by atoms with E-state index in [-0.39, 0.29) is 0 Å². The Morgan fingerprint density at radius 1 is 1.44 bits per heavy atom. The van der Waals surface area contributed by atoms with Crippen LogP contribution in [-0.4, -0.2) is 11.5 Å². The summed E-state index contributed by atoms with van der Waals surface area (Å²) >= 11 is 1.74. The van der Waals surface area contributed by atoms with E-state index in [1.54, 1.807) is 11.3 Å². The molecule has 0 aromatic carbocycles. The summed E-state index contributed by atoms with van der Waals surface area (Å²) in [6.45, 7) is 4.52. The molecule has 3 heteroatoms. The van der Waals surface area contributed by atoms with Gasteiger partial charge in [-0.15, -0.1) is 11.3 Å². The Kier molecular flexibility index (Phi) is 4.79. The molecular weight excluding hydrogens is 216 g/mol. The van der Waals surface area contributed by atoms with Crippen molar-refractivity contribution in [3.05, 3.63) is 16.6 Å². The Morgan fingerprint density at radius 3 is 3.06 bits per heavy atom. The summed E-state index contributed by atoms with van der Waals surface area (Å²) in [6, 6.07) is 0. The van der Waals surface area contributed by atoms with E-state index in [9.17, 15) is 0 Å². The SMILES string of the molecule is CCC1CCCC(CNCc2cncs2)C1. The Labute approximate surface area is 102 Å². The van der Waals surface area contributed by atoms with Gasteiger partial charge in [0.05, 0.1) is 5.51 Å². The summed E-state index contributed by atoms with van der Waals surface area (Å²) in [5, 5.41) is 3.57. The lowest BCUT2D eigenvalue weighted by Gasteiger charge is -2.28. The van der Waals surface area contributed by atoms with Crippen molar-refractivity contribution in [2.45, 2.75) is 45.6 Å². The lowest BCUT2D eigenvalue weighted by molar-refractivity contribution is 0.254. The van der Waals surface area contributed by atoms with Crippen molar-refractivity contribution < 1.29 is 0 Å². The van der Waals surface area contributed by atoms with Gasteiger partial charge in [0, 0.05) is 17.6 Å². The van der Waals surface area contributed by atoms with Crippen LogP contribution in [0.3, 0.4) is 0 Å². The number of aromatic nitrogens is 1. The number of hydrogen-bond acceptors (Lipinski definition) is 3. The van der Waals surface area contributed by atoms with Gasteiger partial charge in [-0.3, -0.25) is 4.98 Å². The Balaban J connectivity index is 1.65. The summed E-state index contributed by atoms with van der Waals surface area (Å²) in [7, 11) is 0. The van der Waals surface area contributed by atoms with Crippen LogP contribution in [0.1, 0.15) is 43.9 Å². The van der Waals surface area contributed by atoms with Gasteiger partial charge in [-0.05, 0) is 31.2 Å². The van der Waals surface area contributed by atoms with Crippen molar-refractivity contribution in [1.82, 2.24) is 10.3 Å². The maximum absolute atomic E-state index is 4.09. The maximum atomic E-state index is 4.09. The zero-order valence-electron chi connectivity index (χ0n) is 10.1. The summed E-state index contributed by atoms with van der Waals surface area (Å²) in [5.41, 5.74) is 1.91. The number of nitrogens with one attached hydrogen (secondary N) is 1. The average molecular weight is 238 g/mol. The first-order valence-electron chi connectivity index (χ1n) is 6.46. The molecule has 1 N–H and O–H groups in total. The molecule has 2 nitrogen and oxygen atoms in total. The third kappa shape index (κ3) is 3.56. The fourth-order valence-electron chi connectivity index (χ4n) is 2.69.